The van der Waals surface area contributed by atoms with Gasteiger partial charge in [-0.05, 0) is 38.7 Å². The summed E-state index contributed by atoms with van der Waals surface area (Å²) in [5, 5.41) is 11.7. The van der Waals surface area contributed by atoms with Gasteiger partial charge in [0.2, 0.25) is 0 Å². The van der Waals surface area contributed by atoms with E-state index in [4.69, 9.17) is 15.6 Å². The molecule has 0 atom stereocenters. The van der Waals surface area contributed by atoms with Crippen molar-refractivity contribution >= 4 is 17.2 Å². The average molecular weight is 465 g/mol. The second-order valence-corrected chi connectivity index (χ2v) is 8.74. The molecule has 0 aliphatic heterocycles. The number of aromatic nitrogens is 7. The molecule has 0 unspecified atom stereocenters. The van der Waals surface area contributed by atoms with Gasteiger partial charge in [0.05, 0.1) is 24.5 Å². The summed E-state index contributed by atoms with van der Waals surface area (Å²) in [7, 11) is 0. The molecule has 2 N–H and O–H groups in total. The van der Waals surface area contributed by atoms with Crippen LogP contribution in [0.15, 0.2) is 42.4 Å². The maximum Gasteiger partial charge on any atom is 0.268 e. The fraction of sp³-hybridized carbons (Fsp3) is 0.364. The Hall–Kier alpha value is -3.44. The Labute approximate surface area is 194 Å². The summed E-state index contributed by atoms with van der Waals surface area (Å²) in [4.78, 5) is 24.5. The lowest BCUT2D eigenvalue weighted by molar-refractivity contribution is 0.0260. The van der Waals surface area contributed by atoms with Crippen molar-refractivity contribution < 1.29 is 9.53 Å². The Bertz CT molecular complexity index is 1240. The lowest BCUT2D eigenvalue weighted by Gasteiger charge is -2.28. The second kappa shape index (κ2) is 9.20. The lowest BCUT2D eigenvalue weighted by atomic mass is 9.93. The number of thiazole rings is 1. The number of hydrogen-bond acceptors (Lipinski definition) is 8. The molecular weight excluding hydrogens is 440 g/mol. The molecule has 33 heavy (non-hydrogen) atoms. The van der Waals surface area contributed by atoms with Gasteiger partial charge in [-0.25, -0.2) is 19.6 Å². The predicted molar refractivity (Wildman–Crippen MR) is 123 cm³/mol. The number of primary amides is 1. The number of carbonyl (C=O) groups excluding carboxylic acids is 1. The summed E-state index contributed by atoms with van der Waals surface area (Å²) in [5.74, 6) is -0.00898. The fourth-order valence-corrected chi connectivity index (χ4v) is 4.90. The summed E-state index contributed by atoms with van der Waals surface area (Å²) in [6.07, 6.45) is 13.3. The maximum absolute atomic E-state index is 11.4. The zero-order valence-electron chi connectivity index (χ0n) is 18.2. The number of carbonyl (C=O) groups is 1. The van der Waals surface area contributed by atoms with E-state index in [-0.39, 0.29) is 11.7 Å². The van der Waals surface area contributed by atoms with E-state index >= 15 is 0 Å². The second-order valence-electron chi connectivity index (χ2n) is 7.88. The molecule has 1 amide bonds. The Kier molecular flexibility index (Phi) is 5.97. The van der Waals surface area contributed by atoms with Crippen LogP contribution in [0.5, 0.6) is 0 Å². The maximum atomic E-state index is 11.4. The van der Waals surface area contributed by atoms with Crippen LogP contribution in [0.2, 0.25) is 0 Å². The number of rotatable bonds is 7. The fourth-order valence-electron chi connectivity index (χ4n) is 4.11. The molecule has 0 aromatic carbocycles. The molecule has 1 aliphatic rings. The van der Waals surface area contributed by atoms with Crippen molar-refractivity contribution in [1.82, 2.24) is 34.5 Å². The normalized spacial score (nSPS) is 18.5. The molecule has 0 spiro atoms. The number of nitrogens with zero attached hydrogens (tertiary/aromatic N) is 7. The first kappa shape index (κ1) is 21.4. The first-order valence-electron chi connectivity index (χ1n) is 10.9. The third-order valence-electron chi connectivity index (χ3n) is 5.74. The van der Waals surface area contributed by atoms with E-state index in [1.165, 1.54) is 11.3 Å². The summed E-state index contributed by atoms with van der Waals surface area (Å²) in [6, 6.07) is 2.06. The van der Waals surface area contributed by atoms with Crippen LogP contribution in [0.3, 0.4) is 0 Å². The molecule has 0 saturated heterocycles. The van der Waals surface area contributed by atoms with E-state index in [2.05, 4.69) is 20.1 Å². The molecule has 0 bridgehead atoms. The first-order valence-corrected chi connectivity index (χ1v) is 11.8. The van der Waals surface area contributed by atoms with Crippen molar-refractivity contribution in [2.45, 2.75) is 44.8 Å². The molecule has 1 fully saturated rings. The van der Waals surface area contributed by atoms with Gasteiger partial charge in [0.25, 0.3) is 5.91 Å². The number of ether oxygens (including phenoxy) is 1. The highest BCUT2D eigenvalue weighted by molar-refractivity contribution is 7.13. The molecular formula is C22H24N8O2S. The summed E-state index contributed by atoms with van der Waals surface area (Å²) in [5.41, 5.74) is 7.82. The molecule has 4 aromatic rings. The minimum absolute atomic E-state index is 0.247. The van der Waals surface area contributed by atoms with Crippen LogP contribution in [0.4, 0.5) is 0 Å². The Morgan fingerprint density at radius 3 is 2.70 bits per heavy atom. The Balaban J connectivity index is 1.48. The standard InChI is InChI=1S/C22H24N8O2S/c1-2-32-16-6-4-15(5-7-16)29-12-18(19(28-29)21-24-8-3-9-25-21)30-11-14(10-26-30)22-27-17(13-33-22)20(23)31/h3,8-13,15-16H,2,4-7H2,1H3,(H2,23,31). The van der Waals surface area contributed by atoms with Gasteiger partial charge >= 0.3 is 0 Å². The third-order valence-corrected chi connectivity index (χ3v) is 6.63. The molecule has 10 nitrogen and oxygen atoms in total. The van der Waals surface area contributed by atoms with Gasteiger partial charge in [0, 0.05) is 36.1 Å². The van der Waals surface area contributed by atoms with Crippen molar-refractivity contribution in [3.05, 3.63) is 48.1 Å². The van der Waals surface area contributed by atoms with Crippen molar-refractivity contribution in [3.63, 3.8) is 0 Å². The van der Waals surface area contributed by atoms with Crippen molar-refractivity contribution in [2.24, 2.45) is 5.73 Å². The van der Waals surface area contributed by atoms with Crippen LogP contribution in [-0.4, -0.2) is 53.1 Å². The van der Waals surface area contributed by atoms with Gasteiger partial charge in [-0.2, -0.15) is 10.2 Å². The van der Waals surface area contributed by atoms with Crippen LogP contribution in [-0.2, 0) is 4.74 Å². The number of nitrogens with two attached hydrogens (primary N) is 1. The minimum atomic E-state index is -0.547. The number of amides is 1. The van der Waals surface area contributed by atoms with Crippen molar-refractivity contribution in [3.8, 4) is 27.8 Å². The van der Waals surface area contributed by atoms with Crippen LogP contribution in [0.1, 0.15) is 49.1 Å². The molecule has 11 heteroatoms. The minimum Gasteiger partial charge on any atom is -0.379 e. The highest BCUT2D eigenvalue weighted by Gasteiger charge is 2.26. The molecule has 4 aromatic heterocycles. The van der Waals surface area contributed by atoms with Gasteiger partial charge in [-0.3, -0.25) is 9.48 Å². The zero-order chi connectivity index (χ0) is 22.8. The van der Waals surface area contributed by atoms with E-state index < -0.39 is 5.91 Å². The summed E-state index contributed by atoms with van der Waals surface area (Å²) < 4.78 is 9.56. The van der Waals surface area contributed by atoms with E-state index in [1.807, 2.05) is 24.0 Å². The first-order chi connectivity index (χ1) is 16.1. The third kappa shape index (κ3) is 4.41. The van der Waals surface area contributed by atoms with E-state index in [9.17, 15) is 4.79 Å². The summed E-state index contributed by atoms with van der Waals surface area (Å²) in [6.45, 7) is 2.79. The van der Waals surface area contributed by atoms with Crippen LogP contribution in [0.25, 0.3) is 27.8 Å². The van der Waals surface area contributed by atoms with E-state index in [0.717, 1.165) is 43.5 Å². The highest BCUT2D eigenvalue weighted by Crippen LogP contribution is 2.33. The van der Waals surface area contributed by atoms with Crippen LogP contribution >= 0.6 is 11.3 Å². The lowest BCUT2D eigenvalue weighted by Crippen LogP contribution is -2.24. The van der Waals surface area contributed by atoms with Gasteiger partial charge in [0.15, 0.2) is 11.5 Å². The quantitative estimate of drug-likeness (QED) is 0.445. The van der Waals surface area contributed by atoms with Crippen LogP contribution in [0, 0.1) is 0 Å². The molecule has 1 aliphatic carbocycles. The molecule has 5 rings (SSSR count). The SMILES string of the molecule is CCOC1CCC(n2cc(-n3cc(-c4nc(C(N)=O)cs4)cn3)c(-c3ncccn3)n2)CC1. The average Bonchev–Trinajstić information content (AvgIpc) is 3.59. The van der Waals surface area contributed by atoms with Crippen molar-refractivity contribution in [2.75, 3.05) is 6.61 Å². The molecule has 4 heterocycles. The molecule has 170 valence electrons. The van der Waals surface area contributed by atoms with Crippen molar-refractivity contribution in [1.29, 1.82) is 0 Å². The van der Waals surface area contributed by atoms with Gasteiger partial charge < -0.3 is 10.5 Å². The van der Waals surface area contributed by atoms with Gasteiger partial charge in [-0.15, -0.1) is 11.3 Å². The molecule has 0 radical (unpaired) electrons. The van der Waals surface area contributed by atoms with E-state index in [1.54, 1.807) is 34.7 Å². The topological polar surface area (TPSA) is 127 Å². The number of hydrogen-bond donors (Lipinski definition) is 1. The Morgan fingerprint density at radius 2 is 2.00 bits per heavy atom. The van der Waals surface area contributed by atoms with Crippen LogP contribution < -0.4 is 5.73 Å². The van der Waals surface area contributed by atoms with Gasteiger partial charge in [-0.1, -0.05) is 0 Å². The van der Waals surface area contributed by atoms with E-state index in [0.29, 0.717) is 22.6 Å². The zero-order valence-corrected chi connectivity index (χ0v) is 19.0. The smallest absolute Gasteiger partial charge is 0.268 e. The summed E-state index contributed by atoms with van der Waals surface area (Å²) >= 11 is 1.35. The molecule has 1 saturated carbocycles. The highest BCUT2D eigenvalue weighted by atomic mass is 32.1. The van der Waals surface area contributed by atoms with Gasteiger partial charge in [0.1, 0.15) is 16.4 Å². The monoisotopic (exact) mass is 464 g/mol. The predicted octanol–water partition coefficient (Wildman–Crippen LogP) is 3.27. The Morgan fingerprint density at radius 1 is 1.21 bits per heavy atom. The largest absolute Gasteiger partial charge is 0.379 e.